The van der Waals surface area contributed by atoms with Crippen molar-refractivity contribution in [2.24, 2.45) is 0 Å². The Morgan fingerprint density at radius 3 is 2.65 bits per heavy atom. The molecule has 0 radical (unpaired) electrons. The maximum Gasteiger partial charge on any atom is 0.305 e. The number of nitrogens with zero attached hydrogens (tertiary/aromatic N) is 2. The molecule has 0 aliphatic heterocycles. The van der Waals surface area contributed by atoms with Gasteiger partial charge in [0.25, 0.3) is 5.91 Å². The summed E-state index contributed by atoms with van der Waals surface area (Å²) in [5, 5.41) is 8.55. The van der Waals surface area contributed by atoms with Crippen molar-refractivity contribution in [3.63, 3.8) is 0 Å². The zero-order valence-corrected chi connectivity index (χ0v) is 9.39. The van der Waals surface area contributed by atoms with Crippen molar-refractivity contribution in [1.82, 2.24) is 9.88 Å². The molecule has 1 heterocycles. The van der Waals surface area contributed by atoms with Gasteiger partial charge < -0.3 is 10.0 Å². The second kappa shape index (κ2) is 5.93. The van der Waals surface area contributed by atoms with E-state index in [0.717, 1.165) is 12.3 Å². The quantitative estimate of drug-likeness (QED) is 0.784. The Labute approximate surface area is 97.9 Å². The summed E-state index contributed by atoms with van der Waals surface area (Å²) in [5.74, 6) is -1.97. The molecule has 17 heavy (non-hydrogen) atoms. The van der Waals surface area contributed by atoms with Crippen molar-refractivity contribution < 1.29 is 19.1 Å². The van der Waals surface area contributed by atoms with Gasteiger partial charge in [-0.3, -0.25) is 9.59 Å². The summed E-state index contributed by atoms with van der Waals surface area (Å²) in [6.07, 6.45) is 1.02. The summed E-state index contributed by atoms with van der Waals surface area (Å²) in [6, 6.07) is 2.42. The highest BCUT2D eigenvalue weighted by Crippen LogP contribution is 2.05. The summed E-state index contributed by atoms with van der Waals surface area (Å²) in [6.45, 7) is 2.27. The van der Waals surface area contributed by atoms with E-state index in [1.807, 2.05) is 0 Å². The topological polar surface area (TPSA) is 70.5 Å². The smallest absolute Gasteiger partial charge is 0.305 e. The van der Waals surface area contributed by atoms with Gasteiger partial charge in [0.1, 0.15) is 0 Å². The van der Waals surface area contributed by atoms with Gasteiger partial charge in [-0.15, -0.1) is 0 Å². The molecule has 5 nitrogen and oxygen atoms in total. The van der Waals surface area contributed by atoms with E-state index >= 15 is 0 Å². The number of hydrogen-bond acceptors (Lipinski definition) is 3. The number of rotatable bonds is 5. The van der Waals surface area contributed by atoms with E-state index in [1.54, 1.807) is 6.92 Å². The summed E-state index contributed by atoms with van der Waals surface area (Å²) < 4.78 is 12.6. The van der Waals surface area contributed by atoms with Crippen molar-refractivity contribution in [2.45, 2.75) is 13.3 Å². The van der Waals surface area contributed by atoms with Crippen LogP contribution >= 0.6 is 0 Å². The molecule has 0 spiro atoms. The van der Waals surface area contributed by atoms with E-state index in [4.69, 9.17) is 5.11 Å². The minimum Gasteiger partial charge on any atom is -0.481 e. The molecule has 0 saturated heterocycles. The summed E-state index contributed by atoms with van der Waals surface area (Å²) in [4.78, 5) is 27.1. The molecule has 0 aromatic carbocycles. The Hall–Kier alpha value is -1.98. The highest BCUT2D eigenvalue weighted by Gasteiger charge is 2.15. The van der Waals surface area contributed by atoms with Crippen LogP contribution in [0.25, 0.3) is 0 Å². The molecule has 92 valence electrons. The van der Waals surface area contributed by atoms with E-state index < -0.39 is 11.9 Å². The Balaban J connectivity index is 2.71. The third-order valence-electron chi connectivity index (χ3n) is 2.24. The number of amides is 1. The molecule has 0 atom stereocenters. The van der Waals surface area contributed by atoms with Crippen LogP contribution in [0.15, 0.2) is 18.3 Å². The van der Waals surface area contributed by atoms with E-state index in [-0.39, 0.29) is 24.4 Å². The second-order valence-corrected chi connectivity index (χ2v) is 3.40. The molecule has 0 aliphatic carbocycles. The van der Waals surface area contributed by atoms with Crippen LogP contribution in [-0.2, 0) is 4.79 Å². The number of halogens is 1. The minimum absolute atomic E-state index is 0.117. The van der Waals surface area contributed by atoms with Gasteiger partial charge >= 0.3 is 5.97 Å². The fraction of sp³-hybridized carbons (Fsp3) is 0.364. The summed E-state index contributed by atoms with van der Waals surface area (Å²) >= 11 is 0. The number of carbonyl (C=O) groups excluding carboxylic acids is 1. The fourth-order valence-electron chi connectivity index (χ4n) is 1.32. The Kier molecular flexibility index (Phi) is 4.56. The van der Waals surface area contributed by atoms with Crippen molar-refractivity contribution in [3.8, 4) is 0 Å². The second-order valence-electron chi connectivity index (χ2n) is 3.40. The van der Waals surface area contributed by atoms with Crippen LogP contribution in [0.5, 0.6) is 0 Å². The van der Waals surface area contributed by atoms with Crippen LogP contribution in [0.2, 0.25) is 0 Å². The van der Waals surface area contributed by atoms with Gasteiger partial charge in [-0.1, -0.05) is 0 Å². The van der Waals surface area contributed by atoms with E-state index in [2.05, 4.69) is 4.98 Å². The molecule has 6 heteroatoms. The normalized spacial score (nSPS) is 10.0. The van der Waals surface area contributed by atoms with Crippen molar-refractivity contribution in [2.75, 3.05) is 13.1 Å². The van der Waals surface area contributed by atoms with Gasteiger partial charge in [0.05, 0.1) is 12.0 Å². The van der Waals surface area contributed by atoms with Gasteiger partial charge in [-0.05, 0) is 19.1 Å². The molecule has 0 bridgehead atoms. The average molecular weight is 240 g/mol. The predicted octanol–water partition coefficient (Wildman–Crippen LogP) is 1.16. The van der Waals surface area contributed by atoms with Crippen LogP contribution in [0, 0.1) is 5.95 Å². The zero-order valence-electron chi connectivity index (χ0n) is 9.39. The minimum atomic E-state index is -0.964. The highest BCUT2D eigenvalue weighted by molar-refractivity contribution is 5.94. The molecule has 0 fully saturated rings. The average Bonchev–Trinajstić information content (AvgIpc) is 2.30. The van der Waals surface area contributed by atoms with E-state index in [1.165, 1.54) is 11.0 Å². The SMILES string of the molecule is CCN(CCC(=O)O)C(=O)c1ccc(F)nc1. The van der Waals surface area contributed by atoms with E-state index in [0.29, 0.717) is 6.54 Å². The summed E-state index contributed by atoms with van der Waals surface area (Å²) in [5.41, 5.74) is 0.249. The number of carboxylic acid groups (broad SMARTS) is 1. The number of hydrogen-bond donors (Lipinski definition) is 1. The molecule has 1 N–H and O–H groups in total. The third-order valence-corrected chi connectivity index (χ3v) is 2.24. The molecule has 0 unspecified atom stereocenters. The molecular formula is C11H13FN2O3. The first kappa shape index (κ1) is 13.1. The van der Waals surface area contributed by atoms with Gasteiger partial charge in [0.2, 0.25) is 5.95 Å². The zero-order chi connectivity index (χ0) is 12.8. The van der Waals surface area contributed by atoms with Gasteiger partial charge in [-0.25, -0.2) is 4.98 Å². The molecule has 1 amide bonds. The molecular weight excluding hydrogens is 227 g/mol. The molecule has 0 aliphatic rings. The Morgan fingerprint density at radius 2 is 2.18 bits per heavy atom. The van der Waals surface area contributed by atoms with Gasteiger partial charge in [0, 0.05) is 19.3 Å². The van der Waals surface area contributed by atoms with Crippen LogP contribution in [-0.4, -0.2) is 40.0 Å². The first-order valence-electron chi connectivity index (χ1n) is 5.17. The van der Waals surface area contributed by atoms with Crippen LogP contribution < -0.4 is 0 Å². The van der Waals surface area contributed by atoms with Crippen molar-refractivity contribution in [1.29, 1.82) is 0 Å². The standard InChI is InChI=1S/C11H13FN2O3/c1-2-14(6-5-10(15)16)11(17)8-3-4-9(12)13-7-8/h3-4,7H,2,5-6H2,1H3,(H,15,16). The van der Waals surface area contributed by atoms with Crippen molar-refractivity contribution >= 4 is 11.9 Å². The first-order chi connectivity index (χ1) is 8.04. The number of carboxylic acids is 1. The molecule has 1 rings (SSSR count). The van der Waals surface area contributed by atoms with Crippen LogP contribution in [0.4, 0.5) is 4.39 Å². The lowest BCUT2D eigenvalue weighted by Gasteiger charge is -2.19. The lowest BCUT2D eigenvalue weighted by atomic mass is 10.2. The monoisotopic (exact) mass is 240 g/mol. The van der Waals surface area contributed by atoms with E-state index in [9.17, 15) is 14.0 Å². The van der Waals surface area contributed by atoms with Crippen LogP contribution in [0.3, 0.4) is 0 Å². The Bertz CT molecular complexity index is 406. The van der Waals surface area contributed by atoms with Gasteiger partial charge in [-0.2, -0.15) is 4.39 Å². The number of carbonyl (C=O) groups is 2. The number of aliphatic carboxylic acids is 1. The molecule has 0 saturated carbocycles. The van der Waals surface area contributed by atoms with Crippen LogP contribution in [0.1, 0.15) is 23.7 Å². The lowest BCUT2D eigenvalue weighted by Crippen LogP contribution is -2.32. The molecule has 1 aromatic heterocycles. The predicted molar refractivity (Wildman–Crippen MR) is 58.0 cm³/mol. The van der Waals surface area contributed by atoms with Crippen molar-refractivity contribution in [3.05, 3.63) is 29.8 Å². The maximum atomic E-state index is 12.6. The first-order valence-corrected chi connectivity index (χ1v) is 5.17. The largest absolute Gasteiger partial charge is 0.481 e. The number of aromatic nitrogens is 1. The third kappa shape index (κ3) is 3.82. The maximum absolute atomic E-state index is 12.6. The van der Waals surface area contributed by atoms with Gasteiger partial charge in [0.15, 0.2) is 0 Å². The molecule has 1 aromatic rings. The summed E-state index contributed by atoms with van der Waals surface area (Å²) in [7, 11) is 0. The fourth-order valence-corrected chi connectivity index (χ4v) is 1.32. The Morgan fingerprint density at radius 1 is 1.47 bits per heavy atom. The lowest BCUT2D eigenvalue weighted by molar-refractivity contribution is -0.137. The highest BCUT2D eigenvalue weighted by atomic mass is 19.1. The number of pyridine rings is 1.